The predicted molar refractivity (Wildman–Crippen MR) is 80.0 cm³/mol. The zero-order valence-corrected chi connectivity index (χ0v) is 13.1. The summed E-state index contributed by atoms with van der Waals surface area (Å²) < 4.78 is 40.5. The van der Waals surface area contributed by atoms with Crippen molar-refractivity contribution in [2.75, 3.05) is 18.8 Å². The van der Waals surface area contributed by atoms with Crippen molar-refractivity contribution in [3.8, 4) is 0 Å². The van der Waals surface area contributed by atoms with E-state index in [1.54, 1.807) is 0 Å². The van der Waals surface area contributed by atoms with Crippen LogP contribution in [0.3, 0.4) is 0 Å². The van der Waals surface area contributed by atoms with Crippen LogP contribution in [0.1, 0.15) is 25.7 Å². The summed E-state index contributed by atoms with van der Waals surface area (Å²) >= 11 is 5.93. The van der Waals surface area contributed by atoms with Crippen LogP contribution in [0.25, 0.3) is 0 Å². The fourth-order valence-corrected chi connectivity index (χ4v) is 4.45. The molecule has 0 bridgehead atoms. The fourth-order valence-electron chi connectivity index (χ4n) is 2.33. The Morgan fingerprint density at radius 1 is 1.19 bits per heavy atom. The zero-order valence-electron chi connectivity index (χ0n) is 11.6. The van der Waals surface area contributed by atoms with Gasteiger partial charge in [-0.1, -0.05) is 11.6 Å². The number of hydrogen-bond donors (Lipinski definition) is 1. The molecule has 0 aliphatic heterocycles. The average molecular weight is 333 g/mol. The molecule has 2 aliphatic carbocycles. The Morgan fingerprint density at radius 3 is 2.19 bits per heavy atom. The molecule has 0 heterocycles. The third-order valence-corrected chi connectivity index (χ3v) is 6.28. The van der Waals surface area contributed by atoms with Crippen LogP contribution in [0.2, 0.25) is 5.02 Å². The van der Waals surface area contributed by atoms with E-state index < -0.39 is 15.8 Å². The number of nitrogens with two attached hydrogens (primary N) is 1. The second kappa shape index (κ2) is 5.41. The Bertz CT molecular complexity index is 643. The molecule has 0 radical (unpaired) electrons. The normalized spacial score (nSPS) is 19.2. The standard InChI is InChI=1S/C14H18ClFN2O2S/c15-11-5-12(16)13(17)6-14(11)21(19,20)18(7-9-1-2-9)8-10-3-4-10/h5-6,9-10H,1-4,7-8,17H2. The van der Waals surface area contributed by atoms with Crippen molar-refractivity contribution in [2.24, 2.45) is 11.8 Å². The number of halogens is 2. The van der Waals surface area contributed by atoms with E-state index in [0.717, 1.165) is 37.8 Å². The van der Waals surface area contributed by atoms with E-state index in [2.05, 4.69) is 0 Å². The highest BCUT2D eigenvalue weighted by atomic mass is 35.5. The predicted octanol–water partition coefficient (Wildman–Crippen LogP) is 2.87. The lowest BCUT2D eigenvalue weighted by molar-refractivity contribution is 0.382. The van der Waals surface area contributed by atoms with E-state index in [1.165, 1.54) is 4.31 Å². The quantitative estimate of drug-likeness (QED) is 0.815. The highest BCUT2D eigenvalue weighted by molar-refractivity contribution is 7.89. The second-order valence-corrected chi connectivity index (χ2v) is 8.33. The van der Waals surface area contributed by atoms with Crippen molar-refractivity contribution >= 4 is 27.3 Å². The van der Waals surface area contributed by atoms with Crippen LogP contribution in [0.4, 0.5) is 10.1 Å². The minimum absolute atomic E-state index is 0.0932. The first-order chi connectivity index (χ1) is 9.88. The van der Waals surface area contributed by atoms with E-state index in [4.69, 9.17) is 17.3 Å². The van der Waals surface area contributed by atoms with Crippen LogP contribution in [0.15, 0.2) is 17.0 Å². The van der Waals surface area contributed by atoms with Gasteiger partial charge in [0, 0.05) is 13.1 Å². The minimum atomic E-state index is -3.73. The van der Waals surface area contributed by atoms with Crippen molar-refractivity contribution in [3.63, 3.8) is 0 Å². The molecule has 1 aromatic carbocycles. The molecule has 2 saturated carbocycles. The Hall–Kier alpha value is -0.850. The number of nitrogen functional groups attached to an aromatic ring is 1. The number of benzene rings is 1. The molecule has 116 valence electrons. The van der Waals surface area contributed by atoms with E-state index in [1.807, 2.05) is 0 Å². The summed E-state index contributed by atoms with van der Waals surface area (Å²) in [6.07, 6.45) is 4.26. The average Bonchev–Trinajstić information content (AvgIpc) is 3.27. The summed E-state index contributed by atoms with van der Waals surface area (Å²) in [5.74, 6) is 0.181. The molecule has 2 N–H and O–H groups in total. The topological polar surface area (TPSA) is 63.4 Å². The van der Waals surface area contributed by atoms with E-state index in [-0.39, 0.29) is 15.6 Å². The maximum Gasteiger partial charge on any atom is 0.244 e. The van der Waals surface area contributed by atoms with Crippen molar-refractivity contribution in [3.05, 3.63) is 23.0 Å². The SMILES string of the molecule is Nc1cc(S(=O)(=O)N(CC2CC2)CC2CC2)c(Cl)cc1F. The molecule has 2 fully saturated rings. The molecule has 4 nitrogen and oxygen atoms in total. The maximum atomic E-state index is 13.4. The van der Waals surface area contributed by atoms with Gasteiger partial charge in [0.2, 0.25) is 10.0 Å². The van der Waals surface area contributed by atoms with Gasteiger partial charge in [-0.15, -0.1) is 0 Å². The largest absolute Gasteiger partial charge is 0.396 e. The van der Waals surface area contributed by atoms with Crippen molar-refractivity contribution < 1.29 is 12.8 Å². The summed E-state index contributed by atoms with van der Waals surface area (Å²) in [5, 5.41) is -0.113. The summed E-state index contributed by atoms with van der Waals surface area (Å²) in [4.78, 5) is -0.0932. The van der Waals surface area contributed by atoms with Crippen LogP contribution in [0, 0.1) is 17.7 Å². The van der Waals surface area contributed by atoms with Crippen LogP contribution >= 0.6 is 11.6 Å². The lowest BCUT2D eigenvalue weighted by Gasteiger charge is -2.23. The van der Waals surface area contributed by atoms with Gasteiger partial charge in [0.05, 0.1) is 10.7 Å². The third kappa shape index (κ3) is 3.33. The van der Waals surface area contributed by atoms with Gasteiger partial charge in [0.15, 0.2) is 0 Å². The molecule has 7 heteroatoms. The molecule has 0 unspecified atom stereocenters. The summed E-state index contributed by atoms with van der Waals surface area (Å²) in [6.45, 7) is 1.04. The summed E-state index contributed by atoms with van der Waals surface area (Å²) in [5.41, 5.74) is 5.30. The molecule has 21 heavy (non-hydrogen) atoms. The number of rotatable bonds is 6. The Labute approximate surface area is 129 Å². The molecular weight excluding hydrogens is 315 g/mol. The summed E-state index contributed by atoms with van der Waals surface area (Å²) in [7, 11) is -3.73. The molecule has 3 rings (SSSR count). The van der Waals surface area contributed by atoms with Gasteiger partial charge in [-0.25, -0.2) is 12.8 Å². The number of sulfonamides is 1. The Kier molecular flexibility index (Phi) is 3.88. The van der Waals surface area contributed by atoms with Gasteiger partial charge in [-0.3, -0.25) is 0 Å². The fraction of sp³-hybridized carbons (Fsp3) is 0.571. The highest BCUT2D eigenvalue weighted by Gasteiger charge is 2.36. The van der Waals surface area contributed by atoms with Crippen LogP contribution in [-0.2, 0) is 10.0 Å². The molecule has 1 aromatic rings. The maximum absolute atomic E-state index is 13.4. The molecule has 0 aromatic heterocycles. The van der Waals surface area contributed by atoms with E-state index in [9.17, 15) is 12.8 Å². The molecule has 0 amide bonds. The first-order valence-electron chi connectivity index (χ1n) is 7.12. The Morgan fingerprint density at radius 2 is 1.71 bits per heavy atom. The minimum Gasteiger partial charge on any atom is -0.396 e. The molecule has 0 saturated heterocycles. The van der Waals surface area contributed by atoms with Gasteiger partial charge in [-0.05, 0) is 49.7 Å². The molecule has 0 spiro atoms. The van der Waals surface area contributed by atoms with Gasteiger partial charge in [0.1, 0.15) is 10.7 Å². The zero-order chi connectivity index (χ0) is 15.2. The lowest BCUT2D eigenvalue weighted by Crippen LogP contribution is -2.35. The van der Waals surface area contributed by atoms with Crippen LogP contribution in [0.5, 0.6) is 0 Å². The molecular formula is C14H18ClFN2O2S. The van der Waals surface area contributed by atoms with Gasteiger partial charge >= 0.3 is 0 Å². The number of nitrogens with zero attached hydrogens (tertiary/aromatic N) is 1. The van der Waals surface area contributed by atoms with E-state index in [0.29, 0.717) is 24.9 Å². The van der Waals surface area contributed by atoms with Crippen molar-refractivity contribution in [2.45, 2.75) is 30.6 Å². The highest BCUT2D eigenvalue weighted by Crippen LogP contribution is 2.37. The monoisotopic (exact) mass is 332 g/mol. The van der Waals surface area contributed by atoms with Gasteiger partial charge in [0.25, 0.3) is 0 Å². The second-order valence-electron chi connectivity index (χ2n) is 6.01. The first kappa shape index (κ1) is 15.1. The van der Waals surface area contributed by atoms with Crippen molar-refractivity contribution in [1.29, 1.82) is 0 Å². The molecule has 2 aliphatic rings. The lowest BCUT2D eigenvalue weighted by atomic mass is 10.3. The van der Waals surface area contributed by atoms with Gasteiger partial charge in [-0.2, -0.15) is 4.31 Å². The first-order valence-corrected chi connectivity index (χ1v) is 8.94. The smallest absolute Gasteiger partial charge is 0.244 e. The van der Waals surface area contributed by atoms with E-state index >= 15 is 0 Å². The number of hydrogen-bond acceptors (Lipinski definition) is 3. The number of anilines is 1. The van der Waals surface area contributed by atoms with Crippen LogP contribution < -0.4 is 5.73 Å². The third-order valence-electron chi connectivity index (χ3n) is 3.99. The molecule has 0 atom stereocenters. The van der Waals surface area contributed by atoms with Gasteiger partial charge < -0.3 is 5.73 Å². The van der Waals surface area contributed by atoms with Crippen molar-refractivity contribution in [1.82, 2.24) is 4.31 Å². The van der Waals surface area contributed by atoms with Crippen LogP contribution in [-0.4, -0.2) is 25.8 Å². The summed E-state index contributed by atoms with van der Waals surface area (Å²) in [6, 6.07) is 2.09. The Balaban J connectivity index is 1.93.